The van der Waals surface area contributed by atoms with Crippen LogP contribution in [0.2, 0.25) is 0 Å². The highest BCUT2D eigenvalue weighted by Crippen LogP contribution is 2.13. The van der Waals surface area contributed by atoms with Crippen molar-refractivity contribution in [3.63, 3.8) is 0 Å². The summed E-state index contributed by atoms with van der Waals surface area (Å²) in [6.07, 6.45) is 2.72. The lowest BCUT2D eigenvalue weighted by molar-refractivity contribution is -0.121. The van der Waals surface area contributed by atoms with Crippen molar-refractivity contribution in [2.45, 2.75) is 52.0 Å². The summed E-state index contributed by atoms with van der Waals surface area (Å²) in [5.74, 6) is 0.731. The Balaban J connectivity index is 0.00000529. The maximum absolute atomic E-state index is 11.8. The number of rotatable bonds is 10. The van der Waals surface area contributed by atoms with E-state index in [2.05, 4.69) is 5.32 Å². The van der Waals surface area contributed by atoms with Gasteiger partial charge in [0.1, 0.15) is 5.75 Å². The lowest BCUT2D eigenvalue weighted by atomic mass is 9.94. The number of halogens is 1. The lowest BCUT2D eigenvalue weighted by Gasteiger charge is -2.26. The molecule has 24 heavy (non-hydrogen) atoms. The van der Waals surface area contributed by atoms with Crippen molar-refractivity contribution in [3.8, 4) is 5.75 Å². The van der Waals surface area contributed by atoms with Crippen LogP contribution in [0.4, 0.5) is 0 Å². The molecule has 0 unspecified atom stereocenters. The minimum Gasteiger partial charge on any atom is -0.494 e. The van der Waals surface area contributed by atoms with E-state index in [9.17, 15) is 9.59 Å². The highest BCUT2D eigenvalue weighted by molar-refractivity contribution is 5.94. The Kier molecular flexibility index (Phi) is 10.3. The van der Waals surface area contributed by atoms with Crippen molar-refractivity contribution in [1.82, 2.24) is 5.32 Å². The summed E-state index contributed by atoms with van der Waals surface area (Å²) in [6, 6.07) is 7.01. The number of carbonyl (C=O) groups is 2. The molecule has 0 spiro atoms. The molecular weight excluding hydrogens is 328 g/mol. The molecule has 1 aromatic rings. The number of hydrogen-bond acceptors (Lipinski definition) is 4. The number of carbonyl (C=O) groups excluding carboxylic acids is 2. The van der Waals surface area contributed by atoms with Crippen LogP contribution >= 0.6 is 12.4 Å². The van der Waals surface area contributed by atoms with Crippen LogP contribution in [0.15, 0.2) is 24.3 Å². The van der Waals surface area contributed by atoms with Crippen molar-refractivity contribution >= 4 is 24.1 Å². The molecule has 0 fully saturated rings. The number of ether oxygens (including phenoxy) is 1. The van der Waals surface area contributed by atoms with Crippen LogP contribution < -0.4 is 15.8 Å². The molecule has 6 heteroatoms. The summed E-state index contributed by atoms with van der Waals surface area (Å²) in [4.78, 5) is 23.0. The van der Waals surface area contributed by atoms with Gasteiger partial charge in [0.2, 0.25) is 5.91 Å². The average Bonchev–Trinajstić information content (AvgIpc) is 2.57. The highest BCUT2D eigenvalue weighted by Gasteiger charge is 2.20. The van der Waals surface area contributed by atoms with Crippen LogP contribution in [0, 0.1) is 0 Å². The van der Waals surface area contributed by atoms with Gasteiger partial charge < -0.3 is 15.8 Å². The molecule has 0 saturated carbocycles. The Morgan fingerprint density at radius 1 is 1.17 bits per heavy atom. The Bertz CT molecular complexity index is 514. The van der Waals surface area contributed by atoms with E-state index in [0.717, 1.165) is 12.8 Å². The summed E-state index contributed by atoms with van der Waals surface area (Å²) in [6.45, 7) is 6.55. The molecule has 1 rings (SSSR count). The zero-order valence-corrected chi connectivity index (χ0v) is 15.6. The van der Waals surface area contributed by atoms with Gasteiger partial charge in [0.25, 0.3) is 0 Å². The van der Waals surface area contributed by atoms with Gasteiger partial charge >= 0.3 is 0 Å². The first-order valence-corrected chi connectivity index (χ1v) is 8.19. The smallest absolute Gasteiger partial charge is 0.220 e. The fraction of sp³-hybridized carbons (Fsp3) is 0.556. The number of hydrogen-bond donors (Lipinski definition) is 2. The number of nitrogens with one attached hydrogen (secondary N) is 1. The number of benzene rings is 1. The third-order valence-corrected chi connectivity index (χ3v) is 4.12. The Hall–Kier alpha value is -1.59. The minimum atomic E-state index is -0.315. The number of ketones is 1. The quantitative estimate of drug-likeness (QED) is 0.498. The van der Waals surface area contributed by atoms with Crippen LogP contribution in [0.3, 0.4) is 0 Å². The largest absolute Gasteiger partial charge is 0.494 e. The van der Waals surface area contributed by atoms with Crippen LogP contribution in [-0.4, -0.2) is 30.4 Å². The van der Waals surface area contributed by atoms with Gasteiger partial charge in [-0.05, 0) is 50.5 Å². The summed E-state index contributed by atoms with van der Waals surface area (Å²) in [5, 5.41) is 2.89. The molecule has 1 aromatic carbocycles. The molecule has 1 amide bonds. The second-order valence-electron chi connectivity index (χ2n) is 5.88. The fourth-order valence-corrected chi connectivity index (χ4v) is 2.07. The molecular formula is C18H29ClN2O3. The van der Waals surface area contributed by atoms with E-state index in [1.54, 1.807) is 24.3 Å². The van der Waals surface area contributed by atoms with Crippen LogP contribution in [0.25, 0.3) is 0 Å². The van der Waals surface area contributed by atoms with Crippen molar-refractivity contribution < 1.29 is 14.3 Å². The lowest BCUT2D eigenvalue weighted by Crippen LogP contribution is -2.49. The summed E-state index contributed by atoms with van der Waals surface area (Å²) >= 11 is 0. The van der Waals surface area contributed by atoms with Crippen molar-refractivity contribution in [2.75, 3.05) is 13.2 Å². The van der Waals surface area contributed by atoms with E-state index in [-0.39, 0.29) is 29.6 Å². The second kappa shape index (κ2) is 11.0. The maximum Gasteiger partial charge on any atom is 0.220 e. The van der Waals surface area contributed by atoms with E-state index < -0.39 is 0 Å². The van der Waals surface area contributed by atoms with E-state index in [1.165, 1.54) is 6.92 Å². The van der Waals surface area contributed by atoms with Gasteiger partial charge in [-0.1, -0.05) is 13.8 Å². The molecule has 0 aromatic heterocycles. The first-order valence-electron chi connectivity index (χ1n) is 8.19. The van der Waals surface area contributed by atoms with E-state index >= 15 is 0 Å². The van der Waals surface area contributed by atoms with Crippen LogP contribution in [0.1, 0.15) is 56.8 Å². The topological polar surface area (TPSA) is 81.4 Å². The number of Topliss-reactive ketones (excluding diaryl/α,β-unsaturated/α-hetero) is 1. The minimum absolute atomic E-state index is 0. The molecule has 0 aliphatic carbocycles. The van der Waals surface area contributed by atoms with Crippen molar-refractivity contribution in [3.05, 3.63) is 29.8 Å². The molecule has 0 radical (unpaired) electrons. The van der Waals surface area contributed by atoms with E-state index in [1.807, 2.05) is 13.8 Å². The molecule has 0 atom stereocenters. The van der Waals surface area contributed by atoms with Gasteiger partial charge in [-0.25, -0.2) is 0 Å². The van der Waals surface area contributed by atoms with Crippen molar-refractivity contribution in [2.24, 2.45) is 5.73 Å². The van der Waals surface area contributed by atoms with Gasteiger partial charge in [0, 0.05) is 24.1 Å². The van der Waals surface area contributed by atoms with Crippen LogP contribution in [0.5, 0.6) is 5.75 Å². The normalized spacial score (nSPS) is 10.7. The average molecular weight is 357 g/mol. The first-order chi connectivity index (χ1) is 10.9. The maximum atomic E-state index is 11.8. The van der Waals surface area contributed by atoms with Gasteiger partial charge in [-0.2, -0.15) is 0 Å². The zero-order valence-electron chi connectivity index (χ0n) is 14.8. The van der Waals surface area contributed by atoms with Gasteiger partial charge in [0.15, 0.2) is 5.78 Å². The first kappa shape index (κ1) is 22.4. The van der Waals surface area contributed by atoms with Gasteiger partial charge in [-0.3, -0.25) is 9.59 Å². The molecule has 0 saturated heterocycles. The summed E-state index contributed by atoms with van der Waals surface area (Å²) < 4.78 is 5.56. The molecule has 3 N–H and O–H groups in total. The second-order valence-corrected chi connectivity index (χ2v) is 5.88. The SMILES string of the molecule is CCC(N)(CC)CNC(=O)CCCOc1ccc(C(C)=O)cc1.Cl. The van der Waals surface area contributed by atoms with E-state index in [4.69, 9.17) is 10.5 Å². The molecule has 0 aliphatic heterocycles. The van der Waals surface area contributed by atoms with E-state index in [0.29, 0.717) is 37.3 Å². The summed E-state index contributed by atoms with van der Waals surface area (Å²) in [7, 11) is 0. The highest BCUT2D eigenvalue weighted by atomic mass is 35.5. The zero-order chi connectivity index (χ0) is 17.3. The third kappa shape index (κ3) is 7.79. The Morgan fingerprint density at radius 3 is 2.25 bits per heavy atom. The Labute approximate surface area is 150 Å². The fourth-order valence-electron chi connectivity index (χ4n) is 2.07. The molecule has 0 bridgehead atoms. The van der Waals surface area contributed by atoms with Gasteiger partial charge in [0.05, 0.1) is 6.61 Å². The Morgan fingerprint density at radius 2 is 1.75 bits per heavy atom. The molecule has 136 valence electrons. The summed E-state index contributed by atoms with van der Waals surface area (Å²) in [5.41, 5.74) is 6.49. The van der Waals surface area contributed by atoms with Gasteiger partial charge in [-0.15, -0.1) is 12.4 Å². The standard InChI is InChI=1S/C18H28N2O3.ClH/c1-4-18(19,5-2)13-20-17(22)7-6-12-23-16-10-8-15(9-11-16)14(3)21;/h8-11H,4-7,12-13,19H2,1-3H3,(H,20,22);1H. The molecule has 5 nitrogen and oxygen atoms in total. The molecule has 0 heterocycles. The number of amides is 1. The molecule has 0 aliphatic rings. The predicted molar refractivity (Wildman–Crippen MR) is 98.9 cm³/mol. The van der Waals surface area contributed by atoms with Crippen molar-refractivity contribution in [1.29, 1.82) is 0 Å². The predicted octanol–water partition coefficient (Wildman–Crippen LogP) is 3.10. The number of nitrogens with two attached hydrogens (primary N) is 1. The monoisotopic (exact) mass is 356 g/mol. The third-order valence-electron chi connectivity index (χ3n) is 4.12. The van der Waals surface area contributed by atoms with Crippen LogP contribution in [-0.2, 0) is 4.79 Å².